The van der Waals surface area contributed by atoms with E-state index in [0.717, 1.165) is 62.0 Å². The van der Waals surface area contributed by atoms with Gasteiger partial charge in [-0.25, -0.2) is 0 Å². The topological polar surface area (TPSA) is 37.4 Å². The number of fused-ring (bicyclic) bond motifs is 24. The second-order valence-electron chi connectivity index (χ2n) is 36.9. The van der Waals surface area contributed by atoms with Crippen LogP contribution >= 0.6 is 34.0 Å². The average Bonchev–Trinajstić information content (AvgIpc) is 1.57. The molecule has 10 heteroatoms. The summed E-state index contributed by atoms with van der Waals surface area (Å²) in [5.74, 6) is 0. The molecule has 0 radical (unpaired) electrons. The number of thiophene rings is 3. The lowest BCUT2D eigenvalue weighted by atomic mass is 10.00. The fraction of sp³-hybridized carbons (Fsp3) is 0. The molecule has 0 aliphatic carbocycles. The van der Waals surface area contributed by atoms with Crippen LogP contribution in [-0.2, 0) is 0 Å². The third kappa shape index (κ3) is 14.4. The van der Waals surface area contributed by atoms with E-state index in [-0.39, 0.29) is 0 Å². The Bertz CT molecular complexity index is 10200. The highest BCUT2D eigenvalue weighted by Gasteiger charge is 2.25. The molecule has 143 heavy (non-hydrogen) atoms. The first-order valence-corrected chi connectivity index (χ1v) is 51.0. The van der Waals surface area contributed by atoms with E-state index in [1.807, 2.05) is 46.4 Å². The lowest BCUT2D eigenvalue weighted by Gasteiger charge is -2.27. The summed E-state index contributed by atoms with van der Waals surface area (Å²) in [6.07, 6.45) is 3.81. The first-order chi connectivity index (χ1) is 70.9. The Hall–Kier alpha value is -18.0. The molecule has 7 heterocycles. The molecule has 0 fully saturated rings. The summed E-state index contributed by atoms with van der Waals surface area (Å²) >= 11 is 5.58. The van der Waals surface area contributed by atoms with E-state index < -0.39 is 0 Å². The van der Waals surface area contributed by atoms with Crippen molar-refractivity contribution in [3.05, 3.63) is 516 Å². The highest BCUT2D eigenvalue weighted by Crippen LogP contribution is 2.50. The van der Waals surface area contributed by atoms with Crippen molar-refractivity contribution in [1.82, 2.24) is 18.7 Å². The standard InChI is InChI=1S/C47H29N3S.C46H30N2S.C40H26N2S/c1-4-10-44-38(7-1)39-8-2-5-11-45(39)50(44)37-19-16-31-14-13-30-15-18-35(26-41(30)42(31)27-37)49(34-20-17-33-29-48-24-23-32(33)25-34)36-21-22-47-43(28-36)40-9-3-6-12-46(40)51-47;1-2-10-31(11-3-1)33-18-21-35(22-19-33)47(36-23-20-32-12-4-5-13-34(32)28-36)37-24-26-45-41(29-37)42-30-38(25-27-46(42)49-45)48-43-16-8-6-14-39(43)40-15-7-9-17-44(40)48;1-2-13-28(14-3-1)41(36-20-10-12-27-11-4-5-15-31(27)36)29-21-23-34-35-24-22-30(26-40(35)43-39(34)25-29)42-37-18-8-6-16-32(37)33-17-7-9-19-38(33)42/h1-29H;1-30H;1-26H. The lowest BCUT2D eigenvalue weighted by Crippen LogP contribution is -2.10. The highest BCUT2D eigenvalue weighted by atomic mass is 32.1. The van der Waals surface area contributed by atoms with Crippen LogP contribution in [0, 0.1) is 0 Å². The number of hydrogen-bond acceptors (Lipinski definition) is 7. The minimum atomic E-state index is 1.11. The van der Waals surface area contributed by atoms with Crippen LogP contribution in [0.25, 0.3) is 208 Å². The maximum Gasteiger partial charge on any atom is 0.0541 e. The number of nitrogens with zero attached hydrogens (tertiary/aromatic N) is 7. The Kier molecular flexibility index (Phi) is 20.1. The first kappa shape index (κ1) is 83.2. The highest BCUT2D eigenvalue weighted by molar-refractivity contribution is 7.26. The SMILES string of the molecule is c1ccc(-c2ccc(N(c3ccc4ccccc4c3)c3ccc4sc5ccc(-n6c7ccccc7c7ccccc76)cc5c4c3)cc2)cc1.c1ccc(N(c2ccc3c(c2)sc2cc(-n4c5ccccc5c5ccccc54)ccc23)c2cccc3ccccc23)cc1.c1ccc2c(c1)sc1ccc(N(c3ccc4cnccc4c3)c3ccc4ccc5ccc(-n6c7ccccc7c7ccccc76)cc5c4c3)cc12. The van der Waals surface area contributed by atoms with Crippen molar-refractivity contribution in [2.75, 3.05) is 14.7 Å². The van der Waals surface area contributed by atoms with Crippen molar-refractivity contribution < 1.29 is 0 Å². The molecule has 23 aromatic carbocycles. The second kappa shape index (κ2) is 34.5. The monoisotopic (exact) mass is 1880 g/mol. The third-order valence-corrected chi connectivity index (χ3v) is 32.1. The molecule has 0 bridgehead atoms. The molecule has 7 aromatic heterocycles. The number of anilines is 9. The molecule has 0 spiro atoms. The Morgan fingerprint density at radius 1 is 0.161 bits per heavy atom. The molecule has 0 saturated carbocycles. The van der Waals surface area contributed by atoms with Crippen molar-refractivity contribution in [3.8, 4) is 28.2 Å². The zero-order valence-electron chi connectivity index (χ0n) is 77.4. The van der Waals surface area contributed by atoms with Crippen LogP contribution in [0.2, 0.25) is 0 Å². The fourth-order valence-electron chi connectivity index (χ4n) is 22.1. The van der Waals surface area contributed by atoms with Crippen molar-refractivity contribution in [1.29, 1.82) is 0 Å². The second-order valence-corrected chi connectivity index (χ2v) is 40.1. The molecule has 0 unspecified atom stereocenters. The largest absolute Gasteiger partial charge is 0.310 e. The van der Waals surface area contributed by atoms with Crippen LogP contribution in [0.1, 0.15) is 0 Å². The maximum atomic E-state index is 4.37. The number of para-hydroxylation sites is 7. The van der Waals surface area contributed by atoms with E-state index >= 15 is 0 Å². The number of pyridine rings is 1. The van der Waals surface area contributed by atoms with Gasteiger partial charge in [-0.2, -0.15) is 0 Å². The lowest BCUT2D eigenvalue weighted by molar-refractivity contribution is 1.19. The molecular formula is C133H85N7S3. The van der Waals surface area contributed by atoms with E-state index in [1.54, 1.807) is 0 Å². The fourth-order valence-corrected chi connectivity index (χ4v) is 25.4. The van der Waals surface area contributed by atoms with Gasteiger partial charge in [-0.05, 0) is 260 Å². The molecule has 0 amide bonds. The normalized spacial score (nSPS) is 11.8. The van der Waals surface area contributed by atoms with Crippen LogP contribution in [-0.4, -0.2) is 18.7 Å². The van der Waals surface area contributed by atoms with Crippen LogP contribution in [0.5, 0.6) is 0 Å². The van der Waals surface area contributed by atoms with Crippen LogP contribution < -0.4 is 14.7 Å². The van der Waals surface area contributed by atoms with Crippen molar-refractivity contribution in [3.63, 3.8) is 0 Å². The molecule has 7 nitrogen and oxygen atoms in total. The van der Waals surface area contributed by atoms with Gasteiger partial charge in [0.25, 0.3) is 0 Å². The molecule has 0 saturated heterocycles. The molecule has 30 aromatic rings. The smallest absolute Gasteiger partial charge is 0.0541 e. The minimum absolute atomic E-state index is 1.11. The predicted molar refractivity (Wildman–Crippen MR) is 616 cm³/mol. The Balaban J connectivity index is 0.000000105. The van der Waals surface area contributed by atoms with E-state index in [0.29, 0.717) is 0 Å². The van der Waals surface area contributed by atoms with Gasteiger partial charge < -0.3 is 28.4 Å². The Morgan fingerprint density at radius 3 is 1.07 bits per heavy atom. The minimum Gasteiger partial charge on any atom is -0.310 e. The van der Waals surface area contributed by atoms with Gasteiger partial charge in [0.1, 0.15) is 0 Å². The van der Waals surface area contributed by atoms with Crippen LogP contribution in [0.3, 0.4) is 0 Å². The summed E-state index contributed by atoms with van der Waals surface area (Å²) in [7, 11) is 0. The summed E-state index contributed by atoms with van der Waals surface area (Å²) in [6.45, 7) is 0. The van der Waals surface area contributed by atoms with Gasteiger partial charge in [0.2, 0.25) is 0 Å². The van der Waals surface area contributed by atoms with Crippen LogP contribution in [0.4, 0.5) is 51.2 Å². The maximum absolute atomic E-state index is 4.37. The number of rotatable bonds is 13. The van der Waals surface area contributed by atoms with E-state index in [4.69, 9.17) is 0 Å². The summed E-state index contributed by atoms with van der Waals surface area (Å²) in [5, 5.41) is 27.5. The summed E-state index contributed by atoms with van der Waals surface area (Å²) < 4.78 is 15.0. The van der Waals surface area contributed by atoms with Crippen molar-refractivity contribution in [2.24, 2.45) is 0 Å². The predicted octanol–water partition coefficient (Wildman–Crippen LogP) is 38.7. The van der Waals surface area contributed by atoms with Gasteiger partial charge in [0.15, 0.2) is 0 Å². The van der Waals surface area contributed by atoms with E-state index in [2.05, 4.69) is 537 Å². The third-order valence-electron chi connectivity index (χ3n) is 28.7. The van der Waals surface area contributed by atoms with E-state index in [1.165, 1.54) is 197 Å². The molecule has 0 atom stereocenters. The van der Waals surface area contributed by atoms with Gasteiger partial charge >= 0.3 is 0 Å². The van der Waals surface area contributed by atoms with Crippen molar-refractivity contribution in [2.45, 2.75) is 0 Å². The summed E-state index contributed by atoms with van der Waals surface area (Å²) in [6, 6.07) is 184. The van der Waals surface area contributed by atoms with E-state index in [9.17, 15) is 0 Å². The first-order valence-electron chi connectivity index (χ1n) is 48.6. The number of benzene rings is 23. The zero-order valence-corrected chi connectivity index (χ0v) is 79.9. The van der Waals surface area contributed by atoms with Crippen molar-refractivity contribution >= 4 is 265 Å². The van der Waals surface area contributed by atoms with Gasteiger partial charge in [0, 0.05) is 179 Å². The molecule has 670 valence electrons. The Labute approximate surface area is 835 Å². The molecular weight excluding hydrogens is 1790 g/mol. The van der Waals surface area contributed by atoms with Gasteiger partial charge in [-0.3, -0.25) is 4.98 Å². The number of aromatic nitrogens is 4. The number of hydrogen-bond donors (Lipinski definition) is 0. The summed E-state index contributed by atoms with van der Waals surface area (Å²) in [5.41, 5.74) is 23.5. The average molecular weight is 1880 g/mol. The molecule has 0 aliphatic heterocycles. The summed E-state index contributed by atoms with van der Waals surface area (Å²) in [4.78, 5) is 11.5. The molecule has 0 N–H and O–H groups in total. The van der Waals surface area contributed by atoms with Gasteiger partial charge in [0.05, 0.1) is 38.8 Å². The zero-order chi connectivity index (χ0) is 94.1. The van der Waals surface area contributed by atoms with Crippen LogP contribution in [0.15, 0.2) is 516 Å². The molecule has 30 rings (SSSR count). The van der Waals surface area contributed by atoms with Gasteiger partial charge in [-0.1, -0.05) is 297 Å². The van der Waals surface area contributed by atoms with Gasteiger partial charge in [-0.15, -0.1) is 34.0 Å². The molecule has 0 aliphatic rings. The Morgan fingerprint density at radius 2 is 0.483 bits per heavy atom. The quantitative estimate of drug-likeness (QED) is 0.108.